The van der Waals surface area contributed by atoms with E-state index in [-0.39, 0.29) is 18.4 Å². The van der Waals surface area contributed by atoms with Gasteiger partial charge in [0.1, 0.15) is 0 Å². The second-order valence-corrected chi connectivity index (χ2v) is 5.89. The Morgan fingerprint density at radius 1 is 1.35 bits per heavy atom. The molecule has 0 saturated heterocycles. The molecule has 0 fully saturated rings. The smallest absolute Gasteiger partial charge is 0.352 e. The number of alkyl halides is 3. The van der Waals surface area contributed by atoms with Gasteiger partial charge in [-0.15, -0.1) is 0 Å². The third kappa shape index (κ3) is 6.60. The number of halogens is 3. The van der Waals surface area contributed by atoms with E-state index in [1.54, 1.807) is 13.0 Å². The summed E-state index contributed by atoms with van der Waals surface area (Å²) in [6.07, 6.45) is -1.29. The average molecular weight is 330 g/mol. The van der Waals surface area contributed by atoms with Gasteiger partial charge in [-0.2, -0.15) is 13.2 Å². The highest BCUT2D eigenvalue weighted by Gasteiger charge is 2.30. The summed E-state index contributed by atoms with van der Waals surface area (Å²) in [6, 6.07) is 5.03. The molecule has 2 unspecified atom stereocenters. The molecule has 0 aromatic heterocycles. The normalized spacial score (nSPS) is 14.3. The van der Waals surface area contributed by atoms with Crippen LogP contribution in [0, 0.1) is 5.92 Å². The highest BCUT2D eigenvalue weighted by Crippen LogP contribution is 2.30. The van der Waals surface area contributed by atoms with Gasteiger partial charge in [0.15, 0.2) is 0 Å². The lowest BCUT2D eigenvalue weighted by Crippen LogP contribution is -2.43. The molecule has 0 spiro atoms. The Morgan fingerprint density at radius 3 is 2.61 bits per heavy atom. The zero-order valence-electron chi connectivity index (χ0n) is 13.6. The molecule has 1 aromatic carbocycles. The highest BCUT2D eigenvalue weighted by molar-refractivity contribution is 5.78. The van der Waals surface area contributed by atoms with Crippen molar-refractivity contribution in [2.24, 2.45) is 11.7 Å². The summed E-state index contributed by atoms with van der Waals surface area (Å²) in [5.74, 6) is -0.580. The molecular weight excluding hydrogens is 305 g/mol. The quantitative estimate of drug-likeness (QED) is 0.766. The molecule has 1 aromatic rings. The van der Waals surface area contributed by atoms with E-state index in [0.29, 0.717) is 12.1 Å². The summed E-state index contributed by atoms with van der Waals surface area (Å²) in [5, 5.41) is 2.88. The number of nitrogens with two attached hydrogens (primary N) is 1. The Morgan fingerprint density at radius 2 is 2.04 bits per heavy atom. The van der Waals surface area contributed by atoms with Crippen molar-refractivity contribution in [1.82, 2.24) is 5.32 Å². The molecule has 23 heavy (non-hydrogen) atoms. The largest absolute Gasteiger partial charge is 0.416 e. The molecule has 0 aliphatic heterocycles. The van der Waals surface area contributed by atoms with Gasteiger partial charge in [0.05, 0.1) is 5.56 Å². The molecule has 1 amide bonds. The first-order valence-corrected chi connectivity index (χ1v) is 7.94. The van der Waals surface area contributed by atoms with E-state index in [1.165, 1.54) is 6.07 Å². The molecule has 0 aliphatic rings. The van der Waals surface area contributed by atoms with Gasteiger partial charge in [0, 0.05) is 18.5 Å². The van der Waals surface area contributed by atoms with Gasteiger partial charge < -0.3 is 11.1 Å². The molecule has 0 heterocycles. The minimum absolute atomic E-state index is 0.0774. The zero-order chi connectivity index (χ0) is 17.5. The van der Waals surface area contributed by atoms with Gasteiger partial charge in [-0.3, -0.25) is 4.79 Å². The molecule has 0 bridgehead atoms. The maximum absolute atomic E-state index is 12.7. The maximum Gasteiger partial charge on any atom is 0.416 e. The number of benzene rings is 1. The van der Waals surface area contributed by atoms with E-state index in [0.717, 1.165) is 31.4 Å². The van der Waals surface area contributed by atoms with Crippen molar-refractivity contribution in [2.45, 2.75) is 51.7 Å². The van der Waals surface area contributed by atoms with Gasteiger partial charge in [-0.25, -0.2) is 0 Å². The number of carbonyl (C=O) groups excluding carboxylic acids is 1. The number of amides is 1. The third-order valence-corrected chi connectivity index (χ3v) is 3.78. The minimum atomic E-state index is -4.37. The number of unbranched alkanes of at least 4 members (excludes halogenated alkanes) is 1. The third-order valence-electron chi connectivity index (χ3n) is 3.78. The fourth-order valence-corrected chi connectivity index (χ4v) is 2.36. The Labute approximate surface area is 135 Å². The predicted octanol–water partition coefficient (Wildman–Crippen LogP) is 3.52. The van der Waals surface area contributed by atoms with Gasteiger partial charge in [-0.05, 0) is 24.5 Å². The van der Waals surface area contributed by atoms with Crippen molar-refractivity contribution < 1.29 is 18.0 Å². The first-order valence-electron chi connectivity index (χ1n) is 7.94. The topological polar surface area (TPSA) is 55.1 Å². The fourth-order valence-electron chi connectivity index (χ4n) is 2.36. The number of hydrogen-bond acceptors (Lipinski definition) is 2. The van der Waals surface area contributed by atoms with E-state index >= 15 is 0 Å². The summed E-state index contributed by atoms with van der Waals surface area (Å²) >= 11 is 0. The van der Waals surface area contributed by atoms with Gasteiger partial charge in [-0.1, -0.05) is 44.9 Å². The Kier molecular flexibility index (Phi) is 7.55. The van der Waals surface area contributed by atoms with Crippen LogP contribution >= 0.6 is 0 Å². The van der Waals surface area contributed by atoms with E-state index in [2.05, 4.69) is 12.2 Å². The van der Waals surface area contributed by atoms with E-state index in [9.17, 15) is 18.0 Å². The molecule has 130 valence electrons. The van der Waals surface area contributed by atoms with Gasteiger partial charge >= 0.3 is 6.18 Å². The molecule has 0 saturated carbocycles. The lowest BCUT2D eigenvalue weighted by molar-refractivity contribution is -0.137. The minimum Gasteiger partial charge on any atom is -0.352 e. The van der Waals surface area contributed by atoms with Crippen LogP contribution in [0.1, 0.15) is 44.2 Å². The van der Waals surface area contributed by atoms with Crippen molar-refractivity contribution in [3.63, 3.8) is 0 Å². The predicted molar refractivity (Wildman–Crippen MR) is 84.8 cm³/mol. The standard InChI is InChI=1S/C17H25F3N2O/c1-3-4-8-15(11-21)22-16(23)12(2)9-13-6-5-7-14(10-13)17(18,19)20/h5-7,10,12,15H,3-4,8-9,11,21H2,1-2H3,(H,22,23). The summed E-state index contributed by atoms with van der Waals surface area (Å²) in [5.41, 5.74) is 5.45. The van der Waals surface area contributed by atoms with Crippen molar-refractivity contribution in [3.05, 3.63) is 35.4 Å². The second-order valence-electron chi connectivity index (χ2n) is 5.89. The number of nitrogens with one attached hydrogen (secondary N) is 1. The number of rotatable bonds is 8. The Bertz CT molecular complexity index is 503. The van der Waals surface area contributed by atoms with Crippen LogP contribution in [0.15, 0.2) is 24.3 Å². The molecule has 3 N–H and O–H groups in total. The van der Waals surface area contributed by atoms with Gasteiger partial charge in [0.25, 0.3) is 0 Å². The number of hydrogen-bond donors (Lipinski definition) is 2. The van der Waals surface area contributed by atoms with Crippen molar-refractivity contribution >= 4 is 5.91 Å². The first-order chi connectivity index (χ1) is 10.8. The van der Waals surface area contributed by atoms with E-state index in [1.807, 2.05) is 0 Å². The molecule has 0 radical (unpaired) electrons. The molecular formula is C17H25F3N2O. The maximum atomic E-state index is 12.7. The molecule has 2 atom stereocenters. The molecule has 0 aliphatic carbocycles. The van der Waals surface area contributed by atoms with Gasteiger partial charge in [0.2, 0.25) is 5.91 Å². The van der Waals surface area contributed by atoms with Crippen LogP contribution in [-0.4, -0.2) is 18.5 Å². The monoisotopic (exact) mass is 330 g/mol. The van der Waals surface area contributed by atoms with Crippen LogP contribution in [0.25, 0.3) is 0 Å². The van der Waals surface area contributed by atoms with Crippen molar-refractivity contribution in [1.29, 1.82) is 0 Å². The van der Waals surface area contributed by atoms with Crippen LogP contribution < -0.4 is 11.1 Å². The lowest BCUT2D eigenvalue weighted by atomic mass is 9.98. The average Bonchev–Trinajstić information content (AvgIpc) is 2.50. The Balaban J connectivity index is 2.64. The SMILES string of the molecule is CCCCC(CN)NC(=O)C(C)Cc1cccc(C(F)(F)F)c1. The molecule has 3 nitrogen and oxygen atoms in total. The van der Waals surface area contributed by atoms with Crippen LogP contribution in [-0.2, 0) is 17.4 Å². The van der Waals surface area contributed by atoms with Crippen molar-refractivity contribution in [3.8, 4) is 0 Å². The van der Waals surface area contributed by atoms with Crippen LogP contribution in [0.5, 0.6) is 0 Å². The van der Waals surface area contributed by atoms with Crippen LogP contribution in [0.4, 0.5) is 13.2 Å². The van der Waals surface area contributed by atoms with Crippen LogP contribution in [0.2, 0.25) is 0 Å². The lowest BCUT2D eigenvalue weighted by Gasteiger charge is -2.20. The van der Waals surface area contributed by atoms with E-state index < -0.39 is 17.7 Å². The van der Waals surface area contributed by atoms with Crippen LogP contribution in [0.3, 0.4) is 0 Å². The molecule has 1 rings (SSSR count). The fraction of sp³-hybridized carbons (Fsp3) is 0.588. The summed E-state index contributed by atoms with van der Waals surface area (Å²) in [4.78, 5) is 12.2. The summed E-state index contributed by atoms with van der Waals surface area (Å²) in [7, 11) is 0. The Hall–Kier alpha value is -1.56. The first kappa shape index (κ1) is 19.5. The van der Waals surface area contributed by atoms with E-state index in [4.69, 9.17) is 5.73 Å². The summed E-state index contributed by atoms with van der Waals surface area (Å²) < 4.78 is 38.1. The summed E-state index contributed by atoms with van der Waals surface area (Å²) in [6.45, 7) is 4.14. The zero-order valence-corrected chi connectivity index (χ0v) is 13.6. The molecule has 6 heteroatoms. The second kappa shape index (κ2) is 8.91. The van der Waals surface area contributed by atoms with Crippen molar-refractivity contribution in [2.75, 3.05) is 6.54 Å². The number of carbonyl (C=O) groups is 1. The highest BCUT2D eigenvalue weighted by atomic mass is 19.4.